The van der Waals surface area contributed by atoms with Crippen LogP contribution in [0, 0.1) is 0 Å². The molecule has 0 aliphatic heterocycles. The van der Waals surface area contributed by atoms with Crippen LogP contribution < -0.4 is 5.56 Å². The molecule has 0 aromatic carbocycles. The molecular formula is C12H19FN4O3. The second-order valence-corrected chi connectivity index (χ2v) is 3.91. The van der Waals surface area contributed by atoms with E-state index in [9.17, 15) is 14.3 Å². The number of H-pyrrole nitrogens is 1. The van der Waals surface area contributed by atoms with Gasteiger partial charge in [-0.25, -0.2) is 9.97 Å². The molecule has 0 amide bonds. The van der Waals surface area contributed by atoms with Crippen LogP contribution >= 0.6 is 0 Å². The lowest BCUT2D eigenvalue weighted by molar-refractivity contribution is -0.0677. The molecule has 7 nitrogen and oxygen atoms in total. The molecule has 0 aliphatic carbocycles. The van der Waals surface area contributed by atoms with E-state index in [0.29, 0.717) is 12.3 Å². The number of aromatic amines is 1. The fourth-order valence-electron chi connectivity index (χ4n) is 1.67. The summed E-state index contributed by atoms with van der Waals surface area (Å²) in [7, 11) is 0. The number of nitrogens with one attached hydrogen (secondary N) is 1. The Kier molecular flexibility index (Phi) is 6.26. The Morgan fingerprint density at radius 1 is 1.50 bits per heavy atom. The summed E-state index contributed by atoms with van der Waals surface area (Å²) < 4.78 is 17.3. The Hall–Kier alpha value is -1.80. The van der Waals surface area contributed by atoms with E-state index in [1.165, 1.54) is 19.6 Å². The van der Waals surface area contributed by atoms with Crippen molar-refractivity contribution in [2.45, 2.75) is 33.1 Å². The average Bonchev–Trinajstić information content (AvgIpc) is 2.82. The second-order valence-electron chi connectivity index (χ2n) is 3.91. The molecule has 2 unspecified atom stereocenters. The van der Waals surface area contributed by atoms with E-state index < -0.39 is 12.3 Å². The molecule has 0 bridgehead atoms. The van der Waals surface area contributed by atoms with E-state index in [1.807, 2.05) is 6.92 Å². The highest BCUT2D eigenvalue weighted by Crippen LogP contribution is 2.17. The van der Waals surface area contributed by atoms with Crippen LogP contribution in [-0.4, -0.2) is 44.0 Å². The number of rotatable bonds is 4. The predicted octanol–water partition coefficient (Wildman–Crippen LogP) is 1.01. The summed E-state index contributed by atoms with van der Waals surface area (Å²) in [5.41, 5.74) is 0.320. The zero-order chi connectivity index (χ0) is 15.1. The number of halogens is 1. The molecule has 112 valence electrons. The lowest BCUT2D eigenvalue weighted by atomic mass is 10.3. The van der Waals surface area contributed by atoms with Crippen LogP contribution in [0.15, 0.2) is 17.4 Å². The molecule has 0 aliphatic rings. The van der Waals surface area contributed by atoms with Gasteiger partial charge in [0.15, 0.2) is 17.4 Å². The van der Waals surface area contributed by atoms with E-state index in [2.05, 4.69) is 15.0 Å². The molecule has 0 radical (unpaired) electrons. The van der Waals surface area contributed by atoms with Gasteiger partial charge in [-0.05, 0) is 20.8 Å². The van der Waals surface area contributed by atoms with Crippen molar-refractivity contribution in [1.82, 2.24) is 19.5 Å². The van der Waals surface area contributed by atoms with Gasteiger partial charge in [0.05, 0.1) is 25.4 Å². The van der Waals surface area contributed by atoms with E-state index in [1.54, 1.807) is 11.5 Å². The van der Waals surface area contributed by atoms with Crippen LogP contribution in [0.2, 0.25) is 0 Å². The summed E-state index contributed by atoms with van der Waals surface area (Å²) in [6.07, 6.45) is 1.42. The fraction of sp³-hybridized carbons (Fsp3) is 0.583. The molecule has 8 heteroatoms. The molecule has 2 atom stereocenters. The number of aliphatic hydroxyl groups excluding tert-OH is 1. The zero-order valence-electron chi connectivity index (χ0n) is 11.7. The smallest absolute Gasteiger partial charge is 0.278 e. The van der Waals surface area contributed by atoms with Crippen molar-refractivity contribution in [3.63, 3.8) is 0 Å². The first kappa shape index (κ1) is 16.3. The number of hydrogen-bond donors (Lipinski definition) is 2. The Morgan fingerprint density at radius 2 is 2.15 bits per heavy atom. The summed E-state index contributed by atoms with van der Waals surface area (Å²) >= 11 is 0. The average molecular weight is 286 g/mol. The van der Waals surface area contributed by atoms with Crippen LogP contribution in [0.1, 0.15) is 27.0 Å². The molecular weight excluding hydrogens is 267 g/mol. The number of alkyl halides is 1. The lowest BCUT2D eigenvalue weighted by Gasteiger charge is -2.21. The number of imidazole rings is 1. The minimum atomic E-state index is -0.728. The highest BCUT2D eigenvalue weighted by Gasteiger charge is 2.20. The van der Waals surface area contributed by atoms with Crippen molar-refractivity contribution in [2.24, 2.45) is 0 Å². The van der Waals surface area contributed by atoms with Gasteiger partial charge >= 0.3 is 0 Å². The zero-order valence-corrected chi connectivity index (χ0v) is 11.7. The largest absolute Gasteiger partial charge is 0.389 e. The number of nitrogens with zero attached hydrogens (tertiary/aromatic N) is 3. The van der Waals surface area contributed by atoms with Crippen LogP contribution in [0.5, 0.6) is 0 Å². The van der Waals surface area contributed by atoms with E-state index in [0.717, 1.165) is 0 Å². The van der Waals surface area contributed by atoms with Crippen LogP contribution in [0.25, 0.3) is 11.2 Å². The maximum Gasteiger partial charge on any atom is 0.278 e. The SMILES string of the molecule is CCF.CCOC(C(C)O)n1cnc2c(=O)[nH]cnc21. The predicted molar refractivity (Wildman–Crippen MR) is 72.1 cm³/mol. The van der Waals surface area contributed by atoms with Crippen molar-refractivity contribution < 1.29 is 14.2 Å². The van der Waals surface area contributed by atoms with E-state index in [-0.39, 0.29) is 17.8 Å². The van der Waals surface area contributed by atoms with Gasteiger partial charge in [-0.1, -0.05) is 0 Å². The van der Waals surface area contributed by atoms with Gasteiger partial charge in [0.25, 0.3) is 5.56 Å². The summed E-state index contributed by atoms with van der Waals surface area (Å²) in [6, 6.07) is 0. The van der Waals surface area contributed by atoms with Crippen LogP contribution in [0.3, 0.4) is 0 Å². The third kappa shape index (κ3) is 3.61. The summed E-state index contributed by atoms with van der Waals surface area (Å²) in [4.78, 5) is 21.9. The van der Waals surface area contributed by atoms with Gasteiger partial charge < -0.3 is 14.8 Å². The van der Waals surface area contributed by atoms with Gasteiger partial charge in [-0.15, -0.1) is 0 Å². The number of ether oxygens (including phenoxy) is 1. The number of hydrogen-bond acceptors (Lipinski definition) is 5. The Morgan fingerprint density at radius 3 is 2.70 bits per heavy atom. The van der Waals surface area contributed by atoms with Crippen molar-refractivity contribution in [1.29, 1.82) is 0 Å². The van der Waals surface area contributed by atoms with Crippen molar-refractivity contribution in [3.05, 3.63) is 23.0 Å². The van der Waals surface area contributed by atoms with Gasteiger partial charge in [-0.3, -0.25) is 13.8 Å². The van der Waals surface area contributed by atoms with Crippen molar-refractivity contribution in [3.8, 4) is 0 Å². The topological polar surface area (TPSA) is 93.0 Å². The normalized spacial score (nSPS) is 13.7. The Labute approximate surface area is 115 Å². The van der Waals surface area contributed by atoms with Gasteiger partial charge in [0, 0.05) is 6.61 Å². The van der Waals surface area contributed by atoms with E-state index >= 15 is 0 Å². The first-order chi connectivity index (χ1) is 9.56. The molecule has 2 heterocycles. The molecule has 2 aromatic rings. The lowest BCUT2D eigenvalue weighted by Crippen LogP contribution is -2.24. The molecule has 0 saturated carbocycles. The van der Waals surface area contributed by atoms with Crippen LogP contribution in [0.4, 0.5) is 4.39 Å². The molecule has 2 N–H and O–H groups in total. The minimum absolute atomic E-state index is 0.234. The first-order valence-electron chi connectivity index (χ1n) is 6.32. The molecule has 2 aromatic heterocycles. The molecule has 0 saturated heterocycles. The summed E-state index contributed by atoms with van der Waals surface area (Å²) in [6.45, 7) is 5.09. The number of aliphatic hydroxyl groups is 1. The second kappa shape index (κ2) is 7.71. The number of aromatic nitrogens is 4. The fourth-order valence-corrected chi connectivity index (χ4v) is 1.67. The van der Waals surface area contributed by atoms with Gasteiger partial charge in [0.2, 0.25) is 0 Å². The van der Waals surface area contributed by atoms with E-state index in [4.69, 9.17) is 4.74 Å². The summed E-state index contributed by atoms with van der Waals surface area (Å²) in [5, 5.41) is 9.66. The quantitative estimate of drug-likeness (QED) is 0.875. The maximum absolute atomic E-state index is 11.5. The highest BCUT2D eigenvalue weighted by atomic mass is 19.1. The third-order valence-electron chi connectivity index (χ3n) is 2.39. The van der Waals surface area contributed by atoms with Crippen molar-refractivity contribution >= 4 is 11.2 Å². The standard InChI is InChI=1S/C10H14N4O3.C2H5F/c1-3-17-10(6(2)15)14-5-13-7-8(14)11-4-12-9(7)16;1-2-3/h4-6,10,15H,3H2,1-2H3,(H,11,12,16);2H2,1H3. The molecule has 2 rings (SSSR count). The molecule has 20 heavy (non-hydrogen) atoms. The Balaban J connectivity index is 0.000000612. The molecule has 0 fully saturated rings. The Bertz CT molecular complexity index is 581. The minimum Gasteiger partial charge on any atom is -0.389 e. The molecule has 0 spiro atoms. The first-order valence-corrected chi connectivity index (χ1v) is 6.32. The summed E-state index contributed by atoms with van der Waals surface area (Å²) in [5.74, 6) is 0. The maximum atomic E-state index is 11.5. The highest BCUT2D eigenvalue weighted by molar-refractivity contribution is 5.68. The van der Waals surface area contributed by atoms with Crippen molar-refractivity contribution in [2.75, 3.05) is 13.3 Å². The number of fused-ring (bicyclic) bond motifs is 1. The third-order valence-corrected chi connectivity index (χ3v) is 2.39. The monoisotopic (exact) mass is 286 g/mol. The van der Waals surface area contributed by atoms with Gasteiger partial charge in [-0.2, -0.15) is 0 Å². The van der Waals surface area contributed by atoms with Crippen LogP contribution in [-0.2, 0) is 4.74 Å². The van der Waals surface area contributed by atoms with Gasteiger partial charge in [0.1, 0.15) is 0 Å².